The molecule has 2 aromatic rings. The van der Waals surface area contributed by atoms with Gasteiger partial charge in [-0.1, -0.05) is 35.3 Å². The molecule has 1 fully saturated rings. The van der Waals surface area contributed by atoms with Gasteiger partial charge < -0.3 is 4.90 Å². The number of anilines is 1. The van der Waals surface area contributed by atoms with Crippen molar-refractivity contribution in [2.45, 2.75) is 12.8 Å². The second-order valence-corrected chi connectivity index (χ2v) is 6.54. The molecule has 1 saturated heterocycles. The predicted octanol–water partition coefficient (Wildman–Crippen LogP) is 3.20. The zero-order valence-corrected chi connectivity index (χ0v) is 15.1. The first-order chi connectivity index (χ1) is 12.5. The molecule has 3 amide bonds. The van der Waals surface area contributed by atoms with Crippen molar-refractivity contribution in [2.24, 2.45) is 0 Å². The lowest BCUT2D eigenvalue weighted by molar-refractivity contribution is -0.117. The van der Waals surface area contributed by atoms with E-state index in [0.29, 0.717) is 29.2 Å². The Labute approximate surface area is 160 Å². The van der Waals surface area contributed by atoms with Crippen LogP contribution in [0.15, 0.2) is 42.5 Å². The molecule has 1 aliphatic rings. The summed E-state index contributed by atoms with van der Waals surface area (Å²) in [5, 5.41) is 0.563. The van der Waals surface area contributed by atoms with Crippen LogP contribution in [0.4, 0.5) is 5.69 Å². The SMILES string of the molecule is O=C(NNC(=O)c1ccccc1N1CCCC1=O)c1cc(Cl)ccc1Cl. The quantitative estimate of drug-likeness (QED) is 0.788. The maximum Gasteiger partial charge on any atom is 0.271 e. The molecular weight excluding hydrogens is 377 g/mol. The fraction of sp³-hybridized carbons (Fsp3) is 0.167. The van der Waals surface area contributed by atoms with Gasteiger partial charge in [0.05, 0.1) is 21.8 Å². The van der Waals surface area contributed by atoms with Crippen LogP contribution in [0.5, 0.6) is 0 Å². The van der Waals surface area contributed by atoms with Crippen LogP contribution < -0.4 is 15.8 Å². The molecule has 0 bridgehead atoms. The Morgan fingerprint density at radius 3 is 2.35 bits per heavy atom. The van der Waals surface area contributed by atoms with Crippen molar-refractivity contribution < 1.29 is 14.4 Å². The van der Waals surface area contributed by atoms with Crippen LogP contribution in [0.2, 0.25) is 10.0 Å². The highest BCUT2D eigenvalue weighted by atomic mass is 35.5. The van der Waals surface area contributed by atoms with Crippen molar-refractivity contribution in [1.82, 2.24) is 10.9 Å². The molecule has 0 spiro atoms. The summed E-state index contributed by atoms with van der Waals surface area (Å²) in [6, 6.07) is 11.2. The van der Waals surface area contributed by atoms with Crippen LogP contribution in [0.3, 0.4) is 0 Å². The van der Waals surface area contributed by atoms with E-state index in [4.69, 9.17) is 23.2 Å². The normalized spacial score (nSPS) is 13.6. The molecule has 1 heterocycles. The van der Waals surface area contributed by atoms with Crippen molar-refractivity contribution in [3.8, 4) is 0 Å². The number of nitrogens with one attached hydrogen (secondary N) is 2. The Kier molecular flexibility index (Phi) is 5.44. The number of hydrazine groups is 1. The van der Waals surface area contributed by atoms with Gasteiger partial charge in [0.1, 0.15) is 0 Å². The van der Waals surface area contributed by atoms with Crippen molar-refractivity contribution >= 4 is 46.6 Å². The average molecular weight is 392 g/mol. The first-order valence-corrected chi connectivity index (χ1v) is 8.68. The molecule has 1 aliphatic heterocycles. The Morgan fingerprint density at radius 1 is 0.962 bits per heavy atom. The van der Waals surface area contributed by atoms with E-state index in [-0.39, 0.29) is 16.5 Å². The van der Waals surface area contributed by atoms with Gasteiger partial charge in [-0.3, -0.25) is 25.2 Å². The molecule has 2 N–H and O–H groups in total. The van der Waals surface area contributed by atoms with E-state index in [1.54, 1.807) is 35.2 Å². The van der Waals surface area contributed by atoms with E-state index in [1.807, 2.05) is 0 Å². The van der Waals surface area contributed by atoms with E-state index in [2.05, 4.69) is 10.9 Å². The summed E-state index contributed by atoms with van der Waals surface area (Å²) in [6.07, 6.45) is 1.21. The van der Waals surface area contributed by atoms with Crippen molar-refractivity contribution in [3.05, 3.63) is 63.6 Å². The van der Waals surface area contributed by atoms with Gasteiger partial charge in [-0.15, -0.1) is 0 Å². The second-order valence-electron chi connectivity index (χ2n) is 5.70. The third kappa shape index (κ3) is 3.81. The van der Waals surface area contributed by atoms with Crippen LogP contribution in [0.25, 0.3) is 0 Å². The number of hydrogen-bond acceptors (Lipinski definition) is 3. The highest BCUT2D eigenvalue weighted by Crippen LogP contribution is 2.25. The Balaban J connectivity index is 1.74. The number of carbonyl (C=O) groups excluding carboxylic acids is 3. The van der Waals surface area contributed by atoms with Crippen molar-refractivity contribution in [1.29, 1.82) is 0 Å². The number of carbonyl (C=O) groups is 3. The summed E-state index contributed by atoms with van der Waals surface area (Å²) in [7, 11) is 0. The van der Waals surface area contributed by atoms with Crippen LogP contribution in [0, 0.1) is 0 Å². The molecule has 0 atom stereocenters. The van der Waals surface area contributed by atoms with E-state index in [0.717, 1.165) is 6.42 Å². The maximum atomic E-state index is 12.5. The lowest BCUT2D eigenvalue weighted by Gasteiger charge is -2.19. The highest BCUT2D eigenvalue weighted by Gasteiger charge is 2.25. The molecule has 3 rings (SSSR count). The minimum atomic E-state index is -0.597. The van der Waals surface area contributed by atoms with E-state index < -0.39 is 11.8 Å². The maximum absolute atomic E-state index is 12.5. The molecule has 0 aliphatic carbocycles. The fourth-order valence-electron chi connectivity index (χ4n) is 2.72. The van der Waals surface area contributed by atoms with Gasteiger partial charge in [0, 0.05) is 18.0 Å². The summed E-state index contributed by atoms with van der Waals surface area (Å²) in [5.74, 6) is -1.16. The lowest BCUT2D eigenvalue weighted by atomic mass is 10.1. The number of rotatable bonds is 3. The van der Waals surface area contributed by atoms with Gasteiger partial charge in [0.15, 0.2) is 0 Å². The van der Waals surface area contributed by atoms with Crippen LogP contribution in [-0.4, -0.2) is 24.3 Å². The largest absolute Gasteiger partial charge is 0.312 e. The third-order valence-electron chi connectivity index (χ3n) is 3.98. The summed E-state index contributed by atoms with van der Waals surface area (Å²) in [5.41, 5.74) is 5.60. The second kappa shape index (κ2) is 7.76. The summed E-state index contributed by atoms with van der Waals surface area (Å²) < 4.78 is 0. The zero-order valence-electron chi connectivity index (χ0n) is 13.6. The number of amides is 3. The van der Waals surface area contributed by atoms with Gasteiger partial charge in [-0.25, -0.2) is 0 Å². The smallest absolute Gasteiger partial charge is 0.271 e. The molecule has 0 radical (unpaired) electrons. The topological polar surface area (TPSA) is 78.5 Å². The van der Waals surface area contributed by atoms with Gasteiger partial charge in [0.25, 0.3) is 11.8 Å². The molecule has 2 aromatic carbocycles. The molecule has 0 unspecified atom stereocenters. The number of para-hydroxylation sites is 1. The van der Waals surface area contributed by atoms with Crippen molar-refractivity contribution in [2.75, 3.05) is 11.4 Å². The Bertz CT molecular complexity index is 886. The number of hydrogen-bond donors (Lipinski definition) is 2. The minimum absolute atomic E-state index is 0.0278. The molecule has 26 heavy (non-hydrogen) atoms. The van der Waals surface area contributed by atoms with E-state index in [1.165, 1.54) is 12.1 Å². The van der Waals surface area contributed by atoms with Gasteiger partial charge in [-0.2, -0.15) is 0 Å². The first-order valence-electron chi connectivity index (χ1n) is 7.92. The van der Waals surface area contributed by atoms with Crippen molar-refractivity contribution in [3.63, 3.8) is 0 Å². The highest BCUT2D eigenvalue weighted by molar-refractivity contribution is 6.35. The average Bonchev–Trinajstić information content (AvgIpc) is 3.07. The molecule has 0 aromatic heterocycles. The summed E-state index contributed by atoms with van der Waals surface area (Å²) in [4.78, 5) is 38.2. The zero-order chi connectivity index (χ0) is 18.7. The van der Waals surface area contributed by atoms with Crippen LogP contribution >= 0.6 is 23.2 Å². The van der Waals surface area contributed by atoms with Crippen LogP contribution in [0.1, 0.15) is 33.6 Å². The molecule has 134 valence electrons. The number of benzene rings is 2. The Hall–Kier alpha value is -2.57. The summed E-state index contributed by atoms with van der Waals surface area (Å²) >= 11 is 11.8. The van der Waals surface area contributed by atoms with Crippen LogP contribution in [-0.2, 0) is 4.79 Å². The van der Waals surface area contributed by atoms with Gasteiger partial charge in [-0.05, 0) is 36.8 Å². The predicted molar refractivity (Wildman–Crippen MR) is 99.4 cm³/mol. The molecular formula is C18H15Cl2N3O3. The fourth-order valence-corrected chi connectivity index (χ4v) is 3.10. The first kappa shape index (κ1) is 18.2. The van der Waals surface area contributed by atoms with E-state index >= 15 is 0 Å². The standard InChI is InChI=1S/C18H15Cl2N3O3/c19-11-7-8-14(20)13(10-11)18(26)22-21-17(25)12-4-1-2-5-15(12)23-9-3-6-16(23)24/h1-2,4-5,7-8,10H,3,6,9H2,(H,21,25)(H,22,26). The molecule has 0 saturated carbocycles. The Morgan fingerprint density at radius 2 is 1.65 bits per heavy atom. The number of halogens is 2. The molecule has 6 nitrogen and oxygen atoms in total. The third-order valence-corrected chi connectivity index (χ3v) is 4.54. The summed E-state index contributed by atoms with van der Waals surface area (Å²) in [6.45, 7) is 0.563. The lowest BCUT2D eigenvalue weighted by Crippen LogP contribution is -2.42. The monoisotopic (exact) mass is 391 g/mol. The van der Waals surface area contributed by atoms with E-state index in [9.17, 15) is 14.4 Å². The van der Waals surface area contributed by atoms with Gasteiger partial charge >= 0.3 is 0 Å². The molecule has 8 heteroatoms. The van der Waals surface area contributed by atoms with Gasteiger partial charge in [0.2, 0.25) is 5.91 Å². The minimum Gasteiger partial charge on any atom is -0.312 e. The number of nitrogens with zero attached hydrogens (tertiary/aromatic N) is 1.